The third-order valence-electron chi connectivity index (χ3n) is 4.78. The number of aryl methyl sites for hydroxylation is 1. The van der Waals surface area contributed by atoms with Crippen LogP contribution in [0.2, 0.25) is 0 Å². The van der Waals surface area contributed by atoms with Crippen molar-refractivity contribution in [3.63, 3.8) is 0 Å². The van der Waals surface area contributed by atoms with Crippen LogP contribution in [0.4, 0.5) is 5.69 Å². The fourth-order valence-electron chi connectivity index (χ4n) is 3.41. The minimum atomic E-state index is -0.690. The van der Waals surface area contributed by atoms with Gasteiger partial charge in [0, 0.05) is 24.8 Å². The van der Waals surface area contributed by atoms with Crippen molar-refractivity contribution in [1.29, 1.82) is 0 Å². The first-order chi connectivity index (χ1) is 11.4. The molecule has 0 unspecified atom stereocenters. The predicted molar refractivity (Wildman–Crippen MR) is 93.7 cm³/mol. The van der Waals surface area contributed by atoms with Crippen LogP contribution in [-0.2, 0) is 16.1 Å². The van der Waals surface area contributed by atoms with Gasteiger partial charge in [-0.1, -0.05) is 26.7 Å². The Morgan fingerprint density at radius 1 is 1.21 bits per heavy atom. The van der Waals surface area contributed by atoms with Crippen molar-refractivity contribution < 1.29 is 9.59 Å². The molecule has 0 saturated heterocycles. The highest BCUT2D eigenvalue weighted by molar-refractivity contribution is 6.39. The van der Waals surface area contributed by atoms with Gasteiger partial charge in [0.15, 0.2) is 0 Å². The largest absolute Gasteiger partial charge is 0.345 e. The van der Waals surface area contributed by atoms with Crippen molar-refractivity contribution in [3.8, 4) is 0 Å². The second-order valence-electron chi connectivity index (χ2n) is 6.77. The molecule has 0 bridgehead atoms. The van der Waals surface area contributed by atoms with Crippen LogP contribution in [0.15, 0.2) is 23.1 Å². The molecule has 6 heteroatoms. The molecule has 1 aliphatic carbocycles. The molecule has 1 fully saturated rings. The number of anilines is 1. The first kappa shape index (κ1) is 18.2. The van der Waals surface area contributed by atoms with E-state index < -0.39 is 11.8 Å². The van der Waals surface area contributed by atoms with Crippen molar-refractivity contribution in [2.24, 2.45) is 11.8 Å². The van der Waals surface area contributed by atoms with E-state index in [-0.39, 0.29) is 11.6 Å². The molecule has 1 aliphatic rings. The second-order valence-corrected chi connectivity index (χ2v) is 6.77. The number of nitrogens with zero attached hydrogens (tertiary/aromatic N) is 1. The van der Waals surface area contributed by atoms with E-state index in [0.29, 0.717) is 24.1 Å². The van der Waals surface area contributed by atoms with Crippen molar-refractivity contribution in [2.75, 3.05) is 5.32 Å². The van der Waals surface area contributed by atoms with Gasteiger partial charge in [-0.3, -0.25) is 14.4 Å². The third-order valence-corrected chi connectivity index (χ3v) is 4.78. The van der Waals surface area contributed by atoms with E-state index in [1.54, 1.807) is 6.20 Å². The third kappa shape index (κ3) is 4.46. The molecule has 24 heavy (non-hydrogen) atoms. The quantitative estimate of drug-likeness (QED) is 0.829. The number of hydrogen-bond donors (Lipinski definition) is 2. The van der Waals surface area contributed by atoms with E-state index >= 15 is 0 Å². The van der Waals surface area contributed by atoms with Crippen LogP contribution < -0.4 is 16.2 Å². The fourth-order valence-corrected chi connectivity index (χ4v) is 3.41. The van der Waals surface area contributed by atoms with Gasteiger partial charge < -0.3 is 15.2 Å². The van der Waals surface area contributed by atoms with Crippen LogP contribution in [0.3, 0.4) is 0 Å². The molecular weight excluding hydrogens is 306 g/mol. The lowest BCUT2D eigenvalue weighted by molar-refractivity contribution is -0.137. The van der Waals surface area contributed by atoms with Crippen LogP contribution in [-0.4, -0.2) is 22.4 Å². The lowest BCUT2D eigenvalue weighted by Gasteiger charge is -2.34. The summed E-state index contributed by atoms with van der Waals surface area (Å²) in [6.07, 6.45) is 5.82. The van der Waals surface area contributed by atoms with E-state index in [1.807, 2.05) is 6.92 Å². The second kappa shape index (κ2) is 8.13. The van der Waals surface area contributed by atoms with Crippen LogP contribution in [0, 0.1) is 11.8 Å². The Balaban J connectivity index is 1.99. The molecule has 1 aromatic heterocycles. The zero-order chi connectivity index (χ0) is 17.7. The minimum Gasteiger partial charge on any atom is -0.345 e. The highest BCUT2D eigenvalue weighted by atomic mass is 16.2. The molecular formula is C18H27N3O3. The predicted octanol–water partition coefficient (Wildman–Crippen LogP) is 2.14. The molecule has 1 aromatic rings. The van der Waals surface area contributed by atoms with Gasteiger partial charge in [0.2, 0.25) is 0 Å². The van der Waals surface area contributed by atoms with E-state index in [1.165, 1.54) is 23.1 Å². The summed E-state index contributed by atoms with van der Waals surface area (Å²) in [6.45, 7) is 6.66. The van der Waals surface area contributed by atoms with Gasteiger partial charge in [-0.05, 0) is 37.7 Å². The van der Waals surface area contributed by atoms with E-state index in [4.69, 9.17) is 0 Å². The van der Waals surface area contributed by atoms with Gasteiger partial charge in [0.1, 0.15) is 0 Å². The van der Waals surface area contributed by atoms with Crippen LogP contribution in [0.1, 0.15) is 46.5 Å². The Bertz CT molecular complexity index is 651. The molecule has 2 rings (SSSR count). The van der Waals surface area contributed by atoms with Crippen molar-refractivity contribution >= 4 is 17.5 Å². The Labute approximate surface area is 142 Å². The van der Waals surface area contributed by atoms with Gasteiger partial charge in [-0.25, -0.2) is 0 Å². The molecule has 2 amide bonds. The zero-order valence-electron chi connectivity index (χ0n) is 14.7. The molecule has 2 N–H and O–H groups in total. The minimum absolute atomic E-state index is 0.0570. The standard InChI is InChI=1S/C18H27N3O3/c1-4-21-11-13(9-10-16(21)22)19-17(23)18(24)20-15-8-6-5-7-14(15)12(2)3/h9-12,14-15H,4-8H2,1-3H3,(H,19,23)(H,20,24)/t14-,15-/m0/s1. The maximum absolute atomic E-state index is 12.2. The Morgan fingerprint density at radius 3 is 2.58 bits per heavy atom. The molecule has 0 spiro atoms. The van der Waals surface area contributed by atoms with Crippen molar-refractivity contribution in [3.05, 3.63) is 28.7 Å². The lowest BCUT2D eigenvalue weighted by atomic mass is 9.78. The van der Waals surface area contributed by atoms with Crippen molar-refractivity contribution in [1.82, 2.24) is 9.88 Å². The summed E-state index contributed by atoms with van der Waals surface area (Å²) in [7, 11) is 0. The number of carbonyl (C=O) groups excluding carboxylic acids is 2. The van der Waals surface area contributed by atoms with Gasteiger partial charge >= 0.3 is 11.8 Å². The number of rotatable bonds is 4. The topological polar surface area (TPSA) is 80.2 Å². The summed E-state index contributed by atoms with van der Waals surface area (Å²) in [4.78, 5) is 35.9. The molecule has 132 valence electrons. The normalized spacial score (nSPS) is 20.7. The number of amides is 2. The Hall–Kier alpha value is -2.11. The van der Waals surface area contributed by atoms with Crippen LogP contribution >= 0.6 is 0 Å². The lowest BCUT2D eigenvalue weighted by Crippen LogP contribution is -2.47. The maximum atomic E-state index is 12.2. The van der Waals surface area contributed by atoms with E-state index in [0.717, 1.165) is 19.3 Å². The summed E-state index contributed by atoms with van der Waals surface area (Å²) >= 11 is 0. The molecule has 1 saturated carbocycles. The number of pyridine rings is 1. The SMILES string of the molecule is CCn1cc(NC(=O)C(=O)N[C@H]2CCCC[C@H]2C(C)C)ccc1=O. The number of aromatic nitrogens is 1. The van der Waals surface area contributed by atoms with Crippen LogP contribution in [0.5, 0.6) is 0 Å². The highest BCUT2D eigenvalue weighted by Gasteiger charge is 2.30. The molecule has 0 radical (unpaired) electrons. The Morgan fingerprint density at radius 2 is 1.92 bits per heavy atom. The average Bonchev–Trinajstić information content (AvgIpc) is 2.56. The fraction of sp³-hybridized carbons (Fsp3) is 0.611. The van der Waals surface area contributed by atoms with E-state index in [9.17, 15) is 14.4 Å². The van der Waals surface area contributed by atoms with Crippen molar-refractivity contribution in [2.45, 2.75) is 59.0 Å². The average molecular weight is 333 g/mol. The van der Waals surface area contributed by atoms with Crippen LogP contribution in [0.25, 0.3) is 0 Å². The molecule has 0 aromatic carbocycles. The highest BCUT2D eigenvalue weighted by Crippen LogP contribution is 2.30. The number of nitrogens with one attached hydrogen (secondary N) is 2. The molecule has 6 nitrogen and oxygen atoms in total. The van der Waals surface area contributed by atoms with Gasteiger partial charge in [0.25, 0.3) is 5.56 Å². The smallest absolute Gasteiger partial charge is 0.313 e. The first-order valence-corrected chi connectivity index (χ1v) is 8.74. The van der Waals surface area contributed by atoms with Gasteiger partial charge in [-0.15, -0.1) is 0 Å². The molecule has 2 atom stereocenters. The molecule has 1 heterocycles. The first-order valence-electron chi connectivity index (χ1n) is 8.74. The summed E-state index contributed by atoms with van der Waals surface area (Å²) < 4.78 is 1.48. The molecule has 0 aliphatic heterocycles. The van der Waals surface area contributed by atoms with Gasteiger partial charge in [-0.2, -0.15) is 0 Å². The Kier molecular flexibility index (Phi) is 6.17. The monoisotopic (exact) mass is 333 g/mol. The summed E-state index contributed by atoms with van der Waals surface area (Å²) in [5.41, 5.74) is 0.308. The maximum Gasteiger partial charge on any atom is 0.313 e. The number of carbonyl (C=O) groups is 2. The van der Waals surface area contributed by atoms with E-state index in [2.05, 4.69) is 24.5 Å². The summed E-state index contributed by atoms with van der Waals surface area (Å²) in [5, 5.41) is 5.46. The van der Waals surface area contributed by atoms with Gasteiger partial charge in [0.05, 0.1) is 5.69 Å². The zero-order valence-corrected chi connectivity index (χ0v) is 14.7. The summed E-state index contributed by atoms with van der Waals surface area (Å²) in [6, 6.07) is 2.95. The summed E-state index contributed by atoms with van der Waals surface area (Å²) in [5.74, 6) is -0.407. The number of hydrogen-bond acceptors (Lipinski definition) is 3.